The largest absolute Gasteiger partial charge is 0.490 e. The molecule has 1 saturated heterocycles. The third kappa shape index (κ3) is 8.96. The minimum atomic E-state index is -5.08. The lowest BCUT2D eigenvalue weighted by atomic mass is 10.1. The first-order valence-corrected chi connectivity index (χ1v) is 14.8. The lowest BCUT2D eigenvalue weighted by Crippen LogP contribution is -2.44. The first kappa shape index (κ1) is 33.2. The van der Waals surface area contributed by atoms with E-state index in [1.54, 1.807) is 6.08 Å². The van der Waals surface area contributed by atoms with Gasteiger partial charge >= 0.3 is 12.1 Å². The molecule has 2 aliphatic heterocycles. The molecule has 0 unspecified atom stereocenters. The predicted octanol–water partition coefficient (Wildman–Crippen LogP) is 6.42. The maximum Gasteiger partial charge on any atom is 0.490 e. The number of aliphatic carboxylic acids is 1. The molecule has 2 N–H and O–H groups in total. The number of aliphatic imine (C=N–C) groups is 2. The van der Waals surface area contributed by atoms with Crippen LogP contribution in [0.1, 0.15) is 41.8 Å². The van der Waals surface area contributed by atoms with Crippen LogP contribution in [0, 0.1) is 0 Å². The second-order valence-electron chi connectivity index (χ2n) is 11.2. The Labute approximate surface area is 268 Å². The Morgan fingerprint density at radius 2 is 1.66 bits per heavy atom. The fraction of sp³-hybridized carbons (Fsp3) is 0.229. The van der Waals surface area contributed by atoms with E-state index in [1.165, 1.54) is 11.8 Å². The van der Waals surface area contributed by atoms with Gasteiger partial charge in [-0.1, -0.05) is 66.7 Å². The normalized spacial score (nSPS) is 19.6. The molecule has 0 bridgehead atoms. The van der Waals surface area contributed by atoms with Crippen LogP contribution in [0.4, 0.5) is 13.2 Å². The van der Waals surface area contributed by atoms with E-state index in [0.717, 1.165) is 52.9 Å². The van der Waals surface area contributed by atoms with Crippen LogP contribution >= 0.6 is 0 Å². The first-order valence-electron chi connectivity index (χ1n) is 14.8. The van der Waals surface area contributed by atoms with Gasteiger partial charge in [-0.3, -0.25) is 14.8 Å². The van der Waals surface area contributed by atoms with Gasteiger partial charge in [-0.15, -0.1) is 0 Å². The summed E-state index contributed by atoms with van der Waals surface area (Å²) in [7, 11) is 0. The quantitative estimate of drug-likeness (QED) is 0.234. The number of rotatable bonds is 6. The Hall–Kier alpha value is -5.20. The Balaban J connectivity index is 0.000000559. The topological polar surface area (TPSA) is 120 Å². The number of benzene rings is 3. The van der Waals surface area contributed by atoms with Gasteiger partial charge in [0, 0.05) is 30.6 Å². The van der Waals surface area contributed by atoms with Crippen molar-refractivity contribution in [1.82, 2.24) is 15.1 Å². The number of fused-ring (bicyclic) bond motifs is 1. The molecule has 4 aromatic rings. The molecular formula is C35H32F3N5O4. The zero-order valence-electron chi connectivity index (χ0n) is 25.6. The van der Waals surface area contributed by atoms with Crippen LogP contribution in [0.3, 0.4) is 0 Å². The molecule has 0 saturated carbocycles. The second kappa shape index (κ2) is 14.5. The molecule has 2 atom stereocenters. The average Bonchev–Trinajstić information content (AvgIpc) is 3.44. The summed E-state index contributed by atoms with van der Waals surface area (Å²) in [4.78, 5) is 32.3. The summed E-state index contributed by atoms with van der Waals surface area (Å²) in [5.41, 5.74) is 6.90. The summed E-state index contributed by atoms with van der Waals surface area (Å²) in [6, 6.07) is 24.3. The molecule has 0 radical (unpaired) electrons. The average molecular weight is 644 g/mol. The van der Waals surface area contributed by atoms with E-state index in [-0.39, 0.29) is 18.1 Å². The van der Waals surface area contributed by atoms with Gasteiger partial charge in [0.05, 0.1) is 35.3 Å². The van der Waals surface area contributed by atoms with Crippen molar-refractivity contribution in [1.29, 1.82) is 0 Å². The number of hydrogen-bond donors (Lipinski definition) is 2. The van der Waals surface area contributed by atoms with Crippen molar-refractivity contribution in [2.75, 3.05) is 13.1 Å². The number of nitrogens with zero attached hydrogens (tertiary/aromatic N) is 4. The van der Waals surface area contributed by atoms with E-state index >= 15 is 0 Å². The molecule has 3 heterocycles. The number of aromatic amines is 1. The van der Waals surface area contributed by atoms with Crippen LogP contribution in [0.25, 0.3) is 29.1 Å². The zero-order valence-corrected chi connectivity index (χ0v) is 25.6. The fourth-order valence-corrected chi connectivity index (χ4v) is 5.25. The summed E-state index contributed by atoms with van der Waals surface area (Å²) in [5, 5.41) is 15.7. The Morgan fingerprint density at radius 3 is 2.32 bits per heavy atom. The Morgan fingerprint density at radius 1 is 1.00 bits per heavy atom. The summed E-state index contributed by atoms with van der Waals surface area (Å²) in [6.45, 7) is 7.13. The second-order valence-corrected chi connectivity index (χ2v) is 11.2. The third-order valence-corrected chi connectivity index (χ3v) is 7.31. The number of halogens is 3. The SMILES string of the molecule is C[C@@H]1CN(Cc2ccc(/C=C/c3n[nH]c4cc(/C=C5/N=C(c6ccccc6)C=NC5=O)ccc34)cc2)C[C@H](C)O1.O=C(O)C(F)(F)F. The van der Waals surface area contributed by atoms with Crippen molar-refractivity contribution < 1.29 is 32.6 Å². The number of carbonyl (C=O) groups is 2. The van der Waals surface area contributed by atoms with Gasteiger partial charge in [0.25, 0.3) is 5.91 Å². The van der Waals surface area contributed by atoms with E-state index in [4.69, 9.17) is 14.6 Å². The van der Waals surface area contributed by atoms with Crippen LogP contribution in [-0.4, -0.2) is 75.5 Å². The predicted molar refractivity (Wildman–Crippen MR) is 175 cm³/mol. The van der Waals surface area contributed by atoms with Gasteiger partial charge in [0.15, 0.2) is 0 Å². The Bertz CT molecular complexity index is 1850. The number of hydrogen-bond acceptors (Lipinski definition) is 6. The minimum absolute atomic E-state index is 0.271. The molecule has 0 aliphatic carbocycles. The molecule has 47 heavy (non-hydrogen) atoms. The number of amides is 1. The van der Waals surface area contributed by atoms with Crippen molar-refractivity contribution >= 4 is 52.9 Å². The van der Waals surface area contributed by atoms with Gasteiger partial charge in [-0.05, 0) is 54.8 Å². The van der Waals surface area contributed by atoms with Gasteiger partial charge < -0.3 is 9.84 Å². The Kier molecular flexibility index (Phi) is 10.2. The smallest absolute Gasteiger partial charge is 0.475 e. The number of carboxylic acid groups (broad SMARTS) is 1. The molecule has 1 amide bonds. The van der Waals surface area contributed by atoms with E-state index in [0.29, 0.717) is 11.4 Å². The molecule has 242 valence electrons. The number of nitrogens with one attached hydrogen (secondary N) is 1. The summed E-state index contributed by atoms with van der Waals surface area (Å²) >= 11 is 0. The minimum Gasteiger partial charge on any atom is -0.475 e. The van der Waals surface area contributed by atoms with E-state index in [2.05, 4.69) is 69.3 Å². The number of H-pyrrole nitrogens is 1. The van der Waals surface area contributed by atoms with Crippen molar-refractivity contribution in [3.8, 4) is 0 Å². The maximum atomic E-state index is 12.4. The fourth-order valence-electron chi connectivity index (χ4n) is 5.25. The number of carboxylic acids is 1. The van der Waals surface area contributed by atoms with Crippen molar-refractivity contribution in [3.63, 3.8) is 0 Å². The molecule has 3 aromatic carbocycles. The van der Waals surface area contributed by atoms with E-state index in [1.807, 2.05) is 54.6 Å². The summed E-state index contributed by atoms with van der Waals surface area (Å²) < 4.78 is 37.6. The van der Waals surface area contributed by atoms with Gasteiger partial charge in [0.2, 0.25) is 0 Å². The van der Waals surface area contributed by atoms with Gasteiger partial charge in [0.1, 0.15) is 5.70 Å². The molecule has 1 aromatic heterocycles. The highest BCUT2D eigenvalue weighted by molar-refractivity contribution is 6.42. The van der Waals surface area contributed by atoms with E-state index in [9.17, 15) is 18.0 Å². The van der Waals surface area contributed by atoms with Crippen LogP contribution in [0.15, 0.2) is 88.5 Å². The monoisotopic (exact) mass is 643 g/mol. The van der Waals surface area contributed by atoms with Crippen molar-refractivity contribution in [3.05, 3.63) is 106 Å². The van der Waals surface area contributed by atoms with Gasteiger partial charge in [-0.25, -0.2) is 14.8 Å². The molecule has 1 fully saturated rings. The van der Waals surface area contributed by atoms with Crippen LogP contribution < -0.4 is 0 Å². The molecule has 9 nitrogen and oxygen atoms in total. The van der Waals surface area contributed by atoms with Crippen LogP contribution in [0.5, 0.6) is 0 Å². The molecule has 0 spiro atoms. The number of alkyl halides is 3. The molecular weight excluding hydrogens is 611 g/mol. The number of carbonyl (C=O) groups excluding carboxylic acids is 1. The van der Waals surface area contributed by atoms with Crippen molar-refractivity contribution in [2.24, 2.45) is 9.98 Å². The molecule has 2 aliphatic rings. The summed E-state index contributed by atoms with van der Waals surface area (Å²) in [6.07, 6.45) is 2.83. The highest BCUT2D eigenvalue weighted by Gasteiger charge is 2.38. The first-order chi connectivity index (χ1) is 22.4. The zero-order chi connectivity index (χ0) is 33.6. The molecule has 6 rings (SSSR count). The number of ether oxygens (including phenoxy) is 1. The van der Waals surface area contributed by atoms with Crippen LogP contribution in [0.2, 0.25) is 0 Å². The number of morpholine rings is 1. The van der Waals surface area contributed by atoms with Gasteiger partial charge in [-0.2, -0.15) is 18.3 Å². The lowest BCUT2D eigenvalue weighted by molar-refractivity contribution is -0.192. The highest BCUT2D eigenvalue weighted by atomic mass is 19.4. The lowest BCUT2D eigenvalue weighted by Gasteiger charge is -2.35. The van der Waals surface area contributed by atoms with E-state index < -0.39 is 12.1 Å². The number of aromatic nitrogens is 2. The standard InChI is InChI=1S/C33H31N5O2.C2HF3O2/c1-22-19-38(20-23(2)40-22)21-25-10-8-24(9-11-25)13-15-29-28-14-12-26(16-30(28)37-36-29)17-31-33(39)34-18-32(35-31)27-6-4-3-5-7-27;3-2(4,5)1(6)7/h3-18,22-23H,19-21H2,1-2H3,(H,36,37);(H,6,7)/b15-13+,31-17+;/t22-,23+;. The molecule has 12 heteroatoms. The summed E-state index contributed by atoms with van der Waals surface area (Å²) in [5.74, 6) is -3.11. The maximum absolute atomic E-state index is 12.4. The van der Waals surface area contributed by atoms with Crippen molar-refractivity contribution in [2.45, 2.75) is 38.8 Å². The third-order valence-electron chi connectivity index (χ3n) is 7.31. The van der Waals surface area contributed by atoms with Crippen LogP contribution in [-0.2, 0) is 20.9 Å². The highest BCUT2D eigenvalue weighted by Crippen LogP contribution is 2.23.